The van der Waals surface area contributed by atoms with Crippen LogP contribution in [0.25, 0.3) is 0 Å². The lowest BCUT2D eigenvalue weighted by molar-refractivity contribution is -0.128. The monoisotopic (exact) mass is 438 g/mol. The molecule has 4 rings (SSSR count). The van der Waals surface area contributed by atoms with Gasteiger partial charge >= 0.3 is 0 Å². The highest BCUT2D eigenvalue weighted by atomic mass is 16.1. The SMILES string of the molecule is Cc1ccc(CNC(=O)[C@@H]2C[C@H](CN3CCN(C)CC3)CN(Cc3nccn3C)C2)cc1. The molecule has 7 nitrogen and oxygen atoms in total. The number of piperazine rings is 1. The van der Waals surface area contributed by atoms with Gasteiger partial charge in [-0.2, -0.15) is 0 Å². The van der Waals surface area contributed by atoms with Crippen molar-refractivity contribution in [3.8, 4) is 0 Å². The van der Waals surface area contributed by atoms with Crippen LogP contribution in [0, 0.1) is 18.8 Å². The highest BCUT2D eigenvalue weighted by molar-refractivity contribution is 5.79. The second-order valence-electron chi connectivity index (χ2n) is 9.75. The lowest BCUT2D eigenvalue weighted by Gasteiger charge is -2.40. The third kappa shape index (κ3) is 6.18. The van der Waals surface area contributed by atoms with Crippen LogP contribution in [-0.2, 0) is 24.9 Å². The molecule has 2 saturated heterocycles. The standard InChI is InChI=1S/C25H38N6O/c1-20-4-6-21(7-5-20)15-27-25(32)23-14-22(16-30-12-10-28(2)11-13-30)17-31(18-23)19-24-26-8-9-29(24)3/h4-9,22-23H,10-19H2,1-3H3,(H,27,32)/t22-,23-/m1/s1. The molecule has 2 fully saturated rings. The number of rotatable bonds is 7. The van der Waals surface area contributed by atoms with E-state index in [0.717, 1.165) is 70.2 Å². The Labute approximate surface area is 192 Å². The van der Waals surface area contributed by atoms with Gasteiger partial charge in [-0.25, -0.2) is 4.98 Å². The maximum absolute atomic E-state index is 13.2. The van der Waals surface area contributed by atoms with Crippen molar-refractivity contribution in [2.24, 2.45) is 18.9 Å². The number of benzene rings is 1. The molecule has 0 radical (unpaired) electrons. The first-order valence-electron chi connectivity index (χ1n) is 11.9. The third-order valence-electron chi connectivity index (χ3n) is 6.97. The Balaban J connectivity index is 1.39. The molecule has 1 N–H and O–H groups in total. The Morgan fingerprint density at radius 1 is 1.06 bits per heavy atom. The van der Waals surface area contributed by atoms with Crippen LogP contribution in [0.2, 0.25) is 0 Å². The topological polar surface area (TPSA) is 56.6 Å². The molecule has 174 valence electrons. The Morgan fingerprint density at radius 2 is 1.81 bits per heavy atom. The van der Waals surface area contributed by atoms with E-state index < -0.39 is 0 Å². The normalized spacial score (nSPS) is 23.3. The van der Waals surface area contributed by atoms with E-state index in [0.29, 0.717) is 12.5 Å². The van der Waals surface area contributed by atoms with E-state index in [1.54, 1.807) is 0 Å². The quantitative estimate of drug-likeness (QED) is 0.714. The zero-order valence-corrected chi connectivity index (χ0v) is 19.8. The molecule has 2 aliphatic heterocycles. The van der Waals surface area contributed by atoms with Crippen LogP contribution < -0.4 is 5.32 Å². The summed E-state index contributed by atoms with van der Waals surface area (Å²) in [6.45, 7) is 10.9. The number of aromatic nitrogens is 2. The molecule has 2 aliphatic rings. The zero-order chi connectivity index (χ0) is 22.5. The molecule has 0 spiro atoms. The van der Waals surface area contributed by atoms with E-state index in [-0.39, 0.29) is 11.8 Å². The van der Waals surface area contributed by atoms with Crippen LogP contribution in [-0.4, -0.2) is 83.0 Å². The Morgan fingerprint density at radius 3 is 2.50 bits per heavy atom. The zero-order valence-electron chi connectivity index (χ0n) is 19.8. The number of piperidine rings is 1. The van der Waals surface area contributed by atoms with Gasteiger partial charge in [0.1, 0.15) is 5.82 Å². The highest BCUT2D eigenvalue weighted by Gasteiger charge is 2.33. The summed E-state index contributed by atoms with van der Waals surface area (Å²) in [5.41, 5.74) is 2.39. The number of nitrogens with one attached hydrogen (secondary N) is 1. The van der Waals surface area contributed by atoms with Gasteiger partial charge in [0.2, 0.25) is 5.91 Å². The van der Waals surface area contributed by atoms with Gasteiger partial charge in [-0.3, -0.25) is 9.69 Å². The summed E-state index contributed by atoms with van der Waals surface area (Å²) in [5.74, 6) is 1.76. The van der Waals surface area contributed by atoms with E-state index >= 15 is 0 Å². The second-order valence-corrected chi connectivity index (χ2v) is 9.75. The van der Waals surface area contributed by atoms with Gasteiger partial charge in [0, 0.05) is 71.8 Å². The molecule has 0 unspecified atom stereocenters. The number of hydrogen-bond acceptors (Lipinski definition) is 5. The number of likely N-dealkylation sites (N-methyl/N-ethyl adjacent to an activating group) is 1. The number of carbonyl (C=O) groups excluding carboxylic acids is 1. The van der Waals surface area contributed by atoms with Gasteiger partial charge in [-0.05, 0) is 31.9 Å². The lowest BCUT2D eigenvalue weighted by atomic mass is 9.87. The largest absolute Gasteiger partial charge is 0.352 e. The summed E-state index contributed by atoms with van der Waals surface area (Å²) < 4.78 is 2.08. The van der Waals surface area contributed by atoms with E-state index in [2.05, 4.69) is 67.8 Å². The minimum atomic E-state index is 0.0203. The second kappa shape index (κ2) is 10.6. The van der Waals surface area contributed by atoms with Crippen molar-refractivity contribution < 1.29 is 4.79 Å². The van der Waals surface area contributed by atoms with E-state index in [1.807, 2.05) is 19.4 Å². The van der Waals surface area contributed by atoms with Gasteiger partial charge < -0.3 is 19.7 Å². The fraction of sp³-hybridized carbons (Fsp3) is 0.600. The Bertz CT molecular complexity index is 871. The van der Waals surface area contributed by atoms with Gasteiger partial charge in [0.25, 0.3) is 0 Å². The van der Waals surface area contributed by atoms with Crippen molar-refractivity contribution in [2.45, 2.75) is 26.4 Å². The van der Waals surface area contributed by atoms with E-state index in [9.17, 15) is 4.79 Å². The first-order chi connectivity index (χ1) is 15.5. The van der Waals surface area contributed by atoms with Crippen LogP contribution in [0.4, 0.5) is 0 Å². The van der Waals surface area contributed by atoms with Crippen LogP contribution >= 0.6 is 0 Å². The molecule has 1 aromatic carbocycles. The molecule has 2 atom stereocenters. The smallest absolute Gasteiger partial charge is 0.224 e. The summed E-state index contributed by atoms with van der Waals surface area (Å²) in [4.78, 5) is 25.1. The molecule has 32 heavy (non-hydrogen) atoms. The number of carbonyl (C=O) groups is 1. The summed E-state index contributed by atoms with van der Waals surface area (Å²) in [6.07, 6.45) is 4.81. The van der Waals surface area contributed by atoms with Crippen molar-refractivity contribution >= 4 is 5.91 Å². The molecule has 1 amide bonds. The third-order valence-corrected chi connectivity index (χ3v) is 6.97. The van der Waals surface area contributed by atoms with Gasteiger partial charge in [-0.15, -0.1) is 0 Å². The number of imidazole rings is 1. The highest BCUT2D eigenvalue weighted by Crippen LogP contribution is 2.25. The van der Waals surface area contributed by atoms with Crippen LogP contribution in [0.15, 0.2) is 36.7 Å². The average molecular weight is 439 g/mol. The number of likely N-dealkylation sites (tertiary alicyclic amines) is 1. The number of hydrogen-bond donors (Lipinski definition) is 1. The number of aryl methyl sites for hydroxylation is 2. The Kier molecular flexibility index (Phi) is 7.60. The first-order valence-corrected chi connectivity index (χ1v) is 11.9. The fourth-order valence-corrected chi connectivity index (χ4v) is 4.94. The molecule has 1 aromatic heterocycles. The number of nitrogens with zero attached hydrogens (tertiary/aromatic N) is 5. The molecule has 0 bridgehead atoms. The van der Waals surface area contributed by atoms with Gasteiger partial charge in [0.05, 0.1) is 12.5 Å². The van der Waals surface area contributed by atoms with Crippen LogP contribution in [0.3, 0.4) is 0 Å². The molecule has 3 heterocycles. The summed E-state index contributed by atoms with van der Waals surface area (Å²) >= 11 is 0. The van der Waals surface area contributed by atoms with Crippen molar-refractivity contribution in [3.63, 3.8) is 0 Å². The van der Waals surface area contributed by atoms with Crippen molar-refractivity contribution in [2.75, 3.05) is 52.9 Å². The van der Waals surface area contributed by atoms with Crippen molar-refractivity contribution in [1.29, 1.82) is 0 Å². The summed E-state index contributed by atoms with van der Waals surface area (Å²) in [7, 11) is 4.24. The summed E-state index contributed by atoms with van der Waals surface area (Å²) in [6, 6.07) is 8.39. The molecule has 0 saturated carbocycles. The Hall–Kier alpha value is -2.22. The van der Waals surface area contributed by atoms with E-state index in [4.69, 9.17) is 0 Å². The predicted molar refractivity (Wildman–Crippen MR) is 127 cm³/mol. The van der Waals surface area contributed by atoms with Crippen LogP contribution in [0.5, 0.6) is 0 Å². The first kappa shape index (κ1) is 23.0. The summed E-state index contributed by atoms with van der Waals surface area (Å²) in [5, 5.41) is 3.20. The fourth-order valence-electron chi connectivity index (χ4n) is 4.94. The average Bonchev–Trinajstić information content (AvgIpc) is 3.19. The minimum absolute atomic E-state index is 0.0203. The predicted octanol–water partition coefficient (Wildman–Crippen LogP) is 1.73. The van der Waals surface area contributed by atoms with Gasteiger partial charge in [0.15, 0.2) is 0 Å². The molecule has 0 aliphatic carbocycles. The minimum Gasteiger partial charge on any atom is -0.352 e. The lowest BCUT2D eigenvalue weighted by Crippen LogP contribution is -2.51. The maximum Gasteiger partial charge on any atom is 0.224 e. The van der Waals surface area contributed by atoms with Crippen molar-refractivity contribution in [3.05, 3.63) is 53.6 Å². The molecule has 2 aromatic rings. The molecular formula is C25H38N6O. The van der Waals surface area contributed by atoms with Crippen molar-refractivity contribution in [1.82, 2.24) is 29.6 Å². The number of amides is 1. The van der Waals surface area contributed by atoms with Gasteiger partial charge in [-0.1, -0.05) is 29.8 Å². The maximum atomic E-state index is 13.2. The van der Waals surface area contributed by atoms with E-state index in [1.165, 1.54) is 5.56 Å². The van der Waals surface area contributed by atoms with Crippen LogP contribution in [0.1, 0.15) is 23.4 Å². The molecule has 7 heteroatoms. The molecular weight excluding hydrogens is 400 g/mol.